The molecule has 0 amide bonds. The van der Waals surface area contributed by atoms with Crippen LogP contribution in [0.1, 0.15) is 17.3 Å². The molecule has 1 fully saturated rings. The Balaban J connectivity index is 1.88. The summed E-state index contributed by atoms with van der Waals surface area (Å²) in [7, 11) is 1.72. The smallest absolute Gasteiger partial charge is 0.345 e. The number of aromatic nitrogens is 2. The van der Waals surface area contributed by atoms with Crippen LogP contribution in [-0.2, 0) is 15.9 Å². The molecule has 1 aromatic carbocycles. The quantitative estimate of drug-likeness (QED) is 0.276. The van der Waals surface area contributed by atoms with Crippen molar-refractivity contribution >= 4 is 68.4 Å². The van der Waals surface area contributed by atoms with Crippen molar-refractivity contribution < 1.29 is 14.1 Å². The normalized spacial score (nSPS) is 23.8. The first-order chi connectivity index (χ1) is 13.2. The SMILES string of the molecule is CC[S+]([O-])c1nnc([N+]2([O-])CN(C)CC2OC(=O)c2c(Cl)cc(Cl)cc2Cl)s1. The van der Waals surface area contributed by atoms with E-state index in [1.165, 1.54) is 12.1 Å². The number of ether oxygens (including phenoxy) is 1. The van der Waals surface area contributed by atoms with Crippen LogP contribution in [0.4, 0.5) is 5.13 Å². The van der Waals surface area contributed by atoms with E-state index in [4.69, 9.17) is 39.5 Å². The monoisotopic (exact) mass is 484 g/mol. The summed E-state index contributed by atoms with van der Waals surface area (Å²) in [6.45, 7) is 1.91. The van der Waals surface area contributed by atoms with E-state index in [1.54, 1.807) is 18.9 Å². The molecule has 0 aliphatic carbocycles. The second kappa shape index (κ2) is 8.58. The van der Waals surface area contributed by atoms with Gasteiger partial charge in [0.05, 0.1) is 22.2 Å². The number of carbonyl (C=O) groups is 1. The molecule has 1 aromatic heterocycles. The summed E-state index contributed by atoms with van der Waals surface area (Å²) >= 11 is 17.6. The Morgan fingerprint density at radius 1 is 1.39 bits per heavy atom. The van der Waals surface area contributed by atoms with Gasteiger partial charge in [-0.3, -0.25) is 4.65 Å². The first kappa shape index (κ1) is 22.0. The highest BCUT2D eigenvalue weighted by Gasteiger charge is 2.46. The first-order valence-electron chi connectivity index (χ1n) is 8.01. The molecule has 0 radical (unpaired) electrons. The van der Waals surface area contributed by atoms with E-state index >= 15 is 0 Å². The highest BCUT2D eigenvalue weighted by molar-refractivity contribution is 7.93. The Morgan fingerprint density at radius 2 is 2.04 bits per heavy atom. The third kappa shape index (κ3) is 4.25. The Bertz CT molecular complexity index is 879. The van der Waals surface area contributed by atoms with Gasteiger partial charge in [-0.1, -0.05) is 45.0 Å². The number of esters is 1. The predicted molar refractivity (Wildman–Crippen MR) is 110 cm³/mol. The zero-order valence-corrected chi connectivity index (χ0v) is 18.6. The van der Waals surface area contributed by atoms with Gasteiger partial charge in [0, 0.05) is 27.5 Å². The van der Waals surface area contributed by atoms with Gasteiger partial charge in [-0.25, -0.2) is 9.69 Å². The van der Waals surface area contributed by atoms with Gasteiger partial charge in [-0.2, -0.15) is 0 Å². The van der Waals surface area contributed by atoms with Crippen LogP contribution in [-0.4, -0.2) is 57.9 Å². The number of hydroxylamine groups is 2. The molecular weight excluding hydrogens is 471 g/mol. The van der Waals surface area contributed by atoms with Gasteiger partial charge in [0.15, 0.2) is 0 Å². The number of carbonyl (C=O) groups excluding carboxylic acids is 1. The lowest BCUT2D eigenvalue weighted by atomic mass is 10.2. The third-order valence-electron chi connectivity index (χ3n) is 4.02. The molecule has 1 aliphatic heterocycles. The van der Waals surface area contributed by atoms with E-state index in [1.807, 2.05) is 0 Å². The molecule has 3 atom stereocenters. The largest absolute Gasteiger partial charge is 0.622 e. The molecular formula is C15H15Cl3N4O4S2. The van der Waals surface area contributed by atoms with Crippen molar-refractivity contribution in [2.45, 2.75) is 17.5 Å². The highest BCUT2D eigenvalue weighted by atomic mass is 35.5. The maximum absolute atomic E-state index is 13.5. The van der Waals surface area contributed by atoms with Crippen LogP contribution in [0, 0.1) is 5.21 Å². The number of rotatable bonds is 5. The van der Waals surface area contributed by atoms with Crippen LogP contribution < -0.4 is 4.65 Å². The summed E-state index contributed by atoms with van der Waals surface area (Å²) in [4.78, 5) is 14.4. The van der Waals surface area contributed by atoms with E-state index in [9.17, 15) is 14.6 Å². The van der Waals surface area contributed by atoms with E-state index in [-0.39, 0.29) is 43.3 Å². The van der Waals surface area contributed by atoms with Crippen molar-refractivity contribution in [2.75, 3.05) is 26.0 Å². The molecule has 0 N–H and O–H groups in total. The number of benzene rings is 1. The molecule has 2 aromatic rings. The third-order valence-corrected chi connectivity index (χ3v) is 7.46. The Morgan fingerprint density at radius 3 is 2.64 bits per heavy atom. The molecule has 3 rings (SSSR count). The van der Waals surface area contributed by atoms with Crippen molar-refractivity contribution in [3.63, 3.8) is 0 Å². The van der Waals surface area contributed by atoms with Gasteiger partial charge in [-0.05, 0) is 26.1 Å². The minimum atomic E-state index is -1.33. The Hall–Kier alpha value is -0.690. The molecule has 8 nitrogen and oxygen atoms in total. The molecule has 0 spiro atoms. The van der Waals surface area contributed by atoms with Gasteiger partial charge < -0.3 is 14.5 Å². The highest BCUT2D eigenvalue weighted by Crippen LogP contribution is 2.36. The molecule has 0 saturated carbocycles. The summed E-state index contributed by atoms with van der Waals surface area (Å²) in [6.07, 6.45) is -1.11. The summed E-state index contributed by atoms with van der Waals surface area (Å²) in [6, 6.07) is 2.73. The molecule has 13 heteroatoms. The fraction of sp³-hybridized carbons (Fsp3) is 0.400. The zero-order valence-electron chi connectivity index (χ0n) is 14.7. The van der Waals surface area contributed by atoms with E-state index in [2.05, 4.69) is 10.2 Å². The molecule has 0 bridgehead atoms. The number of halogens is 3. The number of quaternary nitrogens is 1. The topological polar surface area (TPSA) is 101 Å². The maximum atomic E-state index is 13.5. The minimum Gasteiger partial charge on any atom is -0.622 e. The summed E-state index contributed by atoms with van der Waals surface area (Å²) in [5, 5.41) is 21.6. The fourth-order valence-electron chi connectivity index (χ4n) is 2.70. The lowest BCUT2D eigenvalue weighted by Crippen LogP contribution is -2.50. The molecule has 3 unspecified atom stereocenters. The van der Waals surface area contributed by atoms with Crippen molar-refractivity contribution in [1.29, 1.82) is 0 Å². The number of nitrogens with zero attached hydrogens (tertiary/aromatic N) is 4. The van der Waals surface area contributed by atoms with Gasteiger partial charge >= 0.3 is 15.4 Å². The maximum Gasteiger partial charge on any atom is 0.345 e. The molecule has 1 saturated heterocycles. The Kier molecular flexibility index (Phi) is 6.75. The van der Waals surface area contributed by atoms with E-state index < -0.39 is 28.0 Å². The minimum absolute atomic E-state index is 0.00653. The molecule has 2 heterocycles. The second-order valence-corrected chi connectivity index (χ2v) is 10.2. The van der Waals surface area contributed by atoms with Gasteiger partial charge in [0.25, 0.3) is 6.23 Å². The number of hydrogen-bond donors (Lipinski definition) is 0. The fourth-order valence-corrected chi connectivity index (χ4v) is 5.65. The summed E-state index contributed by atoms with van der Waals surface area (Å²) < 4.78 is 16.6. The van der Waals surface area contributed by atoms with Crippen molar-refractivity contribution in [3.8, 4) is 0 Å². The average molecular weight is 486 g/mol. The van der Waals surface area contributed by atoms with Crippen molar-refractivity contribution in [2.24, 2.45) is 0 Å². The summed E-state index contributed by atoms with van der Waals surface area (Å²) in [5.74, 6) is -0.480. The predicted octanol–water partition coefficient (Wildman–Crippen LogP) is 3.52. The van der Waals surface area contributed by atoms with Crippen molar-refractivity contribution in [3.05, 3.63) is 38.0 Å². The van der Waals surface area contributed by atoms with E-state index in [0.717, 1.165) is 11.3 Å². The van der Waals surface area contributed by atoms with Crippen LogP contribution in [0.5, 0.6) is 0 Å². The van der Waals surface area contributed by atoms with Gasteiger partial charge in [0.2, 0.25) is 0 Å². The van der Waals surface area contributed by atoms with Crippen LogP contribution in [0.15, 0.2) is 16.5 Å². The molecule has 28 heavy (non-hydrogen) atoms. The number of likely N-dealkylation sites (N-methyl/N-ethyl adjacent to an activating group) is 1. The van der Waals surface area contributed by atoms with Crippen LogP contribution in [0.25, 0.3) is 0 Å². The first-order valence-corrected chi connectivity index (χ1v) is 11.3. The van der Waals surface area contributed by atoms with Gasteiger partial charge in [0.1, 0.15) is 12.4 Å². The lowest BCUT2D eigenvalue weighted by Gasteiger charge is -2.38. The van der Waals surface area contributed by atoms with Crippen LogP contribution in [0.3, 0.4) is 0 Å². The second-order valence-electron chi connectivity index (χ2n) is 6.06. The lowest BCUT2D eigenvalue weighted by molar-refractivity contribution is 0.00563. The van der Waals surface area contributed by atoms with Crippen LogP contribution >= 0.6 is 46.1 Å². The standard InChI is InChI=1S/C15H15Cl3N4O4S2/c1-3-28(25)15-20-19-14(27-15)22(24)7-21(2)6-11(22)26-13(23)12-9(17)4-8(16)5-10(12)18/h4-5,11H,3,6-7H2,1-2H3. The van der Waals surface area contributed by atoms with E-state index in [0.29, 0.717) is 5.75 Å². The summed E-state index contributed by atoms with van der Waals surface area (Å²) in [5.41, 5.74) is -0.0705. The average Bonchev–Trinajstić information content (AvgIpc) is 3.19. The number of hydrogen-bond acceptors (Lipinski definition) is 8. The zero-order chi connectivity index (χ0) is 20.6. The van der Waals surface area contributed by atoms with Crippen LogP contribution in [0.2, 0.25) is 15.1 Å². The molecule has 1 aliphatic rings. The van der Waals surface area contributed by atoms with Crippen molar-refractivity contribution in [1.82, 2.24) is 19.7 Å². The molecule has 152 valence electrons. The Labute approximate surface area is 183 Å². The van der Waals surface area contributed by atoms with Gasteiger partial charge in [-0.15, -0.1) is 0 Å².